The molecule has 186 valence electrons. The molecule has 0 aliphatic rings. The number of hydrogen-bond donors (Lipinski definition) is 1. The first-order valence-corrected chi connectivity index (χ1v) is 11.5. The van der Waals surface area contributed by atoms with Gasteiger partial charge in [0.1, 0.15) is 17.3 Å². The van der Waals surface area contributed by atoms with Gasteiger partial charge in [0.2, 0.25) is 0 Å². The molecule has 0 saturated heterocycles. The molecule has 0 aliphatic carbocycles. The Morgan fingerprint density at radius 2 is 1.65 bits per heavy atom. The third kappa shape index (κ3) is 5.33. The van der Waals surface area contributed by atoms with Crippen LogP contribution in [0.3, 0.4) is 0 Å². The van der Waals surface area contributed by atoms with Gasteiger partial charge in [-0.3, -0.25) is 4.79 Å². The summed E-state index contributed by atoms with van der Waals surface area (Å²) in [5.41, 5.74) is 2.28. The Bertz CT molecular complexity index is 1580. The van der Waals surface area contributed by atoms with Crippen LogP contribution in [0.25, 0.3) is 22.4 Å². The van der Waals surface area contributed by atoms with Crippen LogP contribution in [0.2, 0.25) is 0 Å². The topological polar surface area (TPSA) is 56.2 Å². The number of aryl methyl sites for hydroxylation is 1. The van der Waals surface area contributed by atoms with Crippen LogP contribution < -0.4 is 10.1 Å². The molecule has 5 rings (SSSR count). The highest BCUT2D eigenvalue weighted by Gasteiger charge is 2.30. The summed E-state index contributed by atoms with van der Waals surface area (Å²) in [4.78, 5) is 17.5. The molecule has 4 aromatic carbocycles. The predicted molar refractivity (Wildman–Crippen MR) is 135 cm³/mol. The lowest BCUT2D eigenvalue weighted by Crippen LogP contribution is -2.23. The smallest absolute Gasteiger partial charge is 0.416 e. The average molecular weight is 502 g/mol. The van der Waals surface area contributed by atoms with E-state index in [9.17, 15) is 18.0 Å². The molecule has 0 atom stereocenters. The van der Waals surface area contributed by atoms with Crippen molar-refractivity contribution in [2.75, 3.05) is 0 Å². The van der Waals surface area contributed by atoms with E-state index < -0.39 is 17.6 Å². The van der Waals surface area contributed by atoms with Gasteiger partial charge in [-0.25, -0.2) is 4.98 Å². The van der Waals surface area contributed by atoms with Crippen molar-refractivity contribution in [1.29, 1.82) is 0 Å². The van der Waals surface area contributed by atoms with Crippen molar-refractivity contribution in [3.63, 3.8) is 0 Å². The number of rotatable bonds is 6. The van der Waals surface area contributed by atoms with Crippen LogP contribution in [0, 0.1) is 0 Å². The Labute approximate surface area is 211 Å². The zero-order valence-electron chi connectivity index (χ0n) is 19.8. The van der Waals surface area contributed by atoms with Gasteiger partial charge in [0, 0.05) is 24.7 Å². The molecule has 5 nitrogen and oxygen atoms in total. The molecule has 1 N–H and O–H groups in total. The van der Waals surface area contributed by atoms with Crippen LogP contribution in [0.15, 0.2) is 97.1 Å². The summed E-state index contributed by atoms with van der Waals surface area (Å²) >= 11 is 0. The first kappa shape index (κ1) is 24.1. The van der Waals surface area contributed by atoms with Crippen molar-refractivity contribution in [1.82, 2.24) is 14.9 Å². The van der Waals surface area contributed by atoms with Crippen molar-refractivity contribution in [2.45, 2.75) is 12.7 Å². The standard InChI is InChI=1S/C29H22F3N3O2/c1-35-26-14-13-21(28(36)33-18-19-7-5-9-22(15-19)29(30,31)32)17-25(26)34-27(35)20-8-6-12-24(16-20)37-23-10-3-2-4-11-23/h2-17H,18H2,1H3,(H,33,36). The summed E-state index contributed by atoms with van der Waals surface area (Å²) in [6.07, 6.45) is -4.44. The van der Waals surface area contributed by atoms with Crippen LogP contribution >= 0.6 is 0 Å². The van der Waals surface area contributed by atoms with Crippen LogP contribution in [-0.4, -0.2) is 15.5 Å². The third-order valence-electron chi connectivity index (χ3n) is 5.92. The lowest BCUT2D eigenvalue weighted by atomic mass is 10.1. The normalized spacial score (nSPS) is 11.5. The van der Waals surface area contributed by atoms with E-state index in [4.69, 9.17) is 9.72 Å². The quantitative estimate of drug-likeness (QED) is 0.273. The SMILES string of the molecule is Cn1c(-c2cccc(Oc3ccccc3)c2)nc2cc(C(=O)NCc3cccc(C(F)(F)F)c3)ccc21. The van der Waals surface area contributed by atoms with Gasteiger partial charge in [-0.05, 0) is 60.2 Å². The summed E-state index contributed by atoms with van der Waals surface area (Å²) in [6.45, 7) is -0.0253. The molecule has 0 unspecified atom stereocenters. The van der Waals surface area contributed by atoms with Gasteiger partial charge in [-0.1, -0.05) is 42.5 Å². The number of nitrogens with zero attached hydrogens (tertiary/aromatic N) is 2. The molecular weight excluding hydrogens is 479 g/mol. The maximum absolute atomic E-state index is 13.0. The van der Waals surface area contributed by atoms with Gasteiger partial charge in [0.05, 0.1) is 16.6 Å². The minimum atomic E-state index is -4.44. The fourth-order valence-corrected chi connectivity index (χ4v) is 4.06. The van der Waals surface area contributed by atoms with Crippen LogP contribution in [-0.2, 0) is 19.8 Å². The summed E-state index contributed by atoms with van der Waals surface area (Å²) in [5.74, 6) is 1.70. The number of nitrogens with one attached hydrogen (secondary N) is 1. The number of alkyl halides is 3. The Morgan fingerprint density at radius 3 is 2.43 bits per heavy atom. The van der Waals surface area contributed by atoms with Gasteiger partial charge in [0.25, 0.3) is 5.91 Å². The highest BCUT2D eigenvalue weighted by atomic mass is 19.4. The maximum atomic E-state index is 13.0. The predicted octanol–water partition coefficient (Wildman–Crippen LogP) is 6.98. The molecule has 1 heterocycles. The Morgan fingerprint density at radius 1 is 0.892 bits per heavy atom. The van der Waals surface area contributed by atoms with E-state index in [-0.39, 0.29) is 6.54 Å². The summed E-state index contributed by atoms with van der Waals surface area (Å²) in [5, 5.41) is 2.68. The van der Waals surface area contributed by atoms with E-state index in [2.05, 4.69) is 5.32 Å². The average Bonchev–Trinajstić information content (AvgIpc) is 3.23. The second kappa shape index (κ2) is 9.81. The highest BCUT2D eigenvalue weighted by Crippen LogP contribution is 2.30. The van der Waals surface area contributed by atoms with Crippen molar-refractivity contribution >= 4 is 16.9 Å². The van der Waals surface area contributed by atoms with Gasteiger partial charge in [-0.15, -0.1) is 0 Å². The molecule has 8 heteroatoms. The van der Waals surface area contributed by atoms with E-state index in [1.54, 1.807) is 24.3 Å². The van der Waals surface area contributed by atoms with Gasteiger partial charge >= 0.3 is 6.18 Å². The fraction of sp³-hybridized carbons (Fsp3) is 0.103. The minimum absolute atomic E-state index is 0.0253. The number of amides is 1. The van der Waals surface area contributed by atoms with E-state index in [1.165, 1.54) is 6.07 Å². The molecule has 5 aromatic rings. The van der Waals surface area contributed by atoms with Crippen molar-refractivity contribution in [3.05, 3.63) is 114 Å². The molecule has 0 fully saturated rings. The molecule has 0 radical (unpaired) electrons. The Hall–Kier alpha value is -4.59. The van der Waals surface area contributed by atoms with Crippen LogP contribution in [0.5, 0.6) is 11.5 Å². The number of imidazole rings is 1. The molecule has 1 aromatic heterocycles. The molecule has 0 saturated carbocycles. The number of hydrogen-bond acceptors (Lipinski definition) is 3. The van der Waals surface area contributed by atoms with E-state index in [0.29, 0.717) is 28.2 Å². The fourth-order valence-electron chi connectivity index (χ4n) is 4.06. The molecule has 37 heavy (non-hydrogen) atoms. The van der Waals surface area contributed by atoms with E-state index in [0.717, 1.165) is 29.0 Å². The summed E-state index contributed by atoms with van der Waals surface area (Å²) < 4.78 is 46.7. The van der Waals surface area contributed by atoms with Gasteiger partial charge in [0.15, 0.2) is 0 Å². The van der Waals surface area contributed by atoms with Gasteiger partial charge < -0.3 is 14.6 Å². The molecule has 1 amide bonds. The lowest BCUT2D eigenvalue weighted by Gasteiger charge is -2.10. The summed E-state index contributed by atoms with van der Waals surface area (Å²) in [6, 6.07) is 27.1. The zero-order chi connectivity index (χ0) is 26.0. The number of para-hydroxylation sites is 1. The van der Waals surface area contributed by atoms with Crippen LogP contribution in [0.4, 0.5) is 13.2 Å². The first-order valence-electron chi connectivity index (χ1n) is 11.5. The van der Waals surface area contributed by atoms with Crippen molar-refractivity contribution in [2.24, 2.45) is 7.05 Å². The Balaban J connectivity index is 1.35. The number of benzene rings is 4. The molecule has 0 aliphatic heterocycles. The van der Waals surface area contributed by atoms with E-state index >= 15 is 0 Å². The number of carbonyl (C=O) groups excluding carboxylic acids is 1. The minimum Gasteiger partial charge on any atom is -0.457 e. The van der Waals surface area contributed by atoms with Crippen molar-refractivity contribution < 1.29 is 22.7 Å². The van der Waals surface area contributed by atoms with Crippen molar-refractivity contribution in [3.8, 4) is 22.9 Å². The van der Waals surface area contributed by atoms with Crippen LogP contribution in [0.1, 0.15) is 21.5 Å². The number of fused-ring (bicyclic) bond motifs is 1. The zero-order valence-corrected chi connectivity index (χ0v) is 19.8. The number of halogens is 3. The lowest BCUT2D eigenvalue weighted by molar-refractivity contribution is -0.137. The third-order valence-corrected chi connectivity index (χ3v) is 5.92. The summed E-state index contributed by atoms with van der Waals surface area (Å²) in [7, 11) is 1.89. The Kier molecular flexibility index (Phi) is 6.40. The highest BCUT2D eigenvalue weighted by molar-refractivity contribution is 5.97. The first-order chi connectivity index (χ1) is 17.8. The maximum Gasteiger partial charge on any atom is 0.416 e. The largest absolute Gasteiger partial charge is 0.457 e. The number of aromatic nitrogens is 2. The molecular formula is C29H22F3N3O2. The van der Waals surface area contributed by atoms with Gasteiger partial charge in [-0.2, -0.15) is 13.2 Å². The molecule has 0 bridgehead atoms. The second-order valence-corrected chi connectivity index (χ2v) is 8.52. The monoisotopic (exact) mass is 501 g/mol. The number of carbonyl (C=O) groups is 1. The second-order valence-electron chi connectivity index (χ2n) is 8.52. The van der Waals surface area contributed by atoms with E-state index in [1.807, 2.05) is 66.2 Å². The number of ether oxygens (including phenoxy) is 1. The molecule has 0 spiro atoms.